The van der Waals surface area contributed by atoms with Gasteiger partial charge >= 0.3 is 0 Å². The van der Waals surface area contributed by atoms with Crippen LogP contribution < -0.4 is 0 Å². The van der Waals surface area contributed by atoms with Gasteiger partial charge in [-0.2, -0.15) is 0 Å². The number of hydrogen-bond acceptors (Lipinski definition) is 3. The third kappa shape index (κ3) is 3.40. The molecule has 1 atom stereocenters. The molecule has 128 valence electrons. The molecule has 25 heavy (non-hydrogen) atoms. The Kier molecular flexibility index (Phi) is 4.46. The number of amides is 1. The highest BCUT2D eigenvalue weighted by Gasteiger charge is 2.27. The van der Waals surface area contributed by atoms with Crippen molar-refractivity contribution in [1.82, 2.24) is 19.3 Å². The van der Waals surface area contributed by atoms with Crippen LogP contribution >= 0.6 is 0 Å². The molecule has 3 aromatic rings. The van der Waals surface area contributed by atoms with Crippen LogP contribution in [-0.4, -0.2) is 31.7 Å². The second kappa shape index (κ2) is 7.05. The molecule has 1 unspecified atom stereocenters. The first-order valence-corrected chi connectivity index (χ1v) is 8.93. The van der Waals surface area contributed by atoms with Crippen molar-refractivity contribution in [2.75, 3.05) is 6.54 Å². The van der Waals surface area contributed by atoms with Crippen molar-refractivity contribution in [2.24, 2.45) is 0 Å². The van der Waals surface area contributed by atoms with Crippen molar-refractivity contribution < 1.29 is 4.79 Å². The molecule has 4 rings (SSSR count). The molecule has 0 saturated carbocycles. The number of aromatic nitrogens is 3. The molecule has 1 fully saturated rings. The van der Waals surface area contributed by atoms with Gasteiger partial charge in [-0.05, 0) is 42.7 Å². The van der Waals surface area contributed by atoms with Gasteiger partial charge < -0.3 is 9.30 Å². The van der Waals surface area contributed by atoms with Gasteiger partial charge in [-0.15, -0.1) is 0 Å². The summed E-state index contributed by atoms with van der Waals surface area (Å²) in [5.41, 5.74) is 2.89. The average Bonchev–Trinajstić information content (AvgIpc) is 2.88. The molecule has 0 N–H and O–H groups in total. The van der Waals surface area contributed by atoms with Crippen molar-refractivity contribution in [2.45, 2.75) is 38.1 Å². The van der Waals surface area contributed by atoms with E-state index >= 15 is 0 Å². The Balaban J connectivity index is 1.57. The van der Waals surface area contributed by atoms with Crippen LogP contribution in [0.4, 0.5) is 0 Å². The van der Waals surface area contributed by atoms with Gasteiger partial charge in [0.25, 0.3) is 0 Å². The van der Waals surface area contributed by atoms with Gasteiger partial charge in [0.1, 0.15) is 5.65 Å². The van der Waals surface area contributed by atoms with E-state index in [4.69, 9.17) is 0 Å². The van der Waals surface area contributed by atoms with Gasteiger partial charge in [-0.1, -0.05) is 18.9 Å². The Labute approximate surface area is 147 Å². The maximum atomic E-state index is 13.0. The molecule has 5 nitrogen and oxygen atoms in total. The van der Waals surface area contributed by atoms with E-state index in [1.54, 1.807) is 0 Å². The predicted molar refractivity (Wildman–Crippen MR) is 96.1 cm³/mol. The molecule has 1 saturated heterocycles. The normalized spacial score (nSPS) is 18.2. The summed E-state index contributed by atoms with van der Waals surface area (Å²) in [5, 5.41) is 0. The van der Waals surface area contributed by atoms with E-state index in [0.717, 1.165) is 37.1 Å². The minimum atomic E-state index is 0.148. The van der Waals surface area contributed by atoms with Gasteiger partial charge in [0, 0.05) is 31.3 Å². The van der Waals surface area contributed by atoms with Crippen molar-refractivity contribution in [1.29, 1.82) is 0 Å². The zero-order valence-corrected chi connectivity index (χ0v) is 14.2. The van der Waals surface area contributed by atoms with Crippen LogP contribution in [0, 0.1) is 0 Å². The first kappa shape index (κ1) is 15.8. The maximum Gasteiger partial charge on any atom is 0.229 e. The van der Waals surface area contributed by atoms with Crippen LogP contribution in [-0.2, 0) is 11.2 Å². The molecule has 0 radical (unpaired) electrons. The molecule has 3 aromatic heterocycles. The number of rotatable bonds is 3. The number of likely N-dealkylation sites (tertiary alicyclic amines) is 1. The number of fused-ring (bicyclic) bond motifs is 1. The Bertz CT molecular complexity index is 825. The zero-order chi connectivity index (χ0) is 17.1. The maximum absolute atomic E-state index is 13.0. The highest BCUT2D eigenvalue weighted by Crippen LogP contribution is 2.30. The van der Waals surface area contributed by atoms with E-state index in [1.807, 2.05) is 64.4 Å². The summed E-state index contributed by atoms with van der Waals surface area (Å²) in [6.45, 7) is 0.819. The lowest BCUT2D eigenvalue weighted by Crippen LogP contribution is -2.36. The number of carbonyl (C=O) groups excluding carboxylic acids is 1. The van der Waals surface area contributed by atoms with E-state index in [0.29, 0.717) is 6.42 Å². The van der Waals surface area contributed by atoms with Crippen molar-refractivity contribution >= 4 is 11.6 Å². The Morgan fingerprint density at radius 3 is 2.84 bits per heavy atom. The summed E-state index contributed by atoms with van der Waals surface area (Å²) in [7, 11) is 0. The van der Waals surface area contributed by atoms with Crippen molar-refractivity contribution in [3.05, 3.63) is 66.4 Å². The van der Waals surface area contributed by atoms with Gasteiger partial charge in [-0.3, -0.25) is 9.78 Å². The average molecular weight is 334 g/mol. The molecule has 0 spiro atoms. The van der Waals surface area contributed by atoms with Crippen molar-refractivity contribution in [3.63, 3.8) is 0 Å². The van der Waals surface area contributed by atoms with Crippen LogP contribution in [0.25, 0.3) is 5.65 Å². The Hall–Kier alpha value is -2.69. The lowest BCUT2D eigenvalue weighted by atomic mass is 10.0. The van der Waals surface area contributed by atoms with Crippen LogP contribution in [0.1, 0.15) is 43.0 Å². The molecular weight excluding hydrogens is 312 g/mol. The predicted octanol–water partition coefficient (Wildman–Crippen LogP) is 3.42. The molecular formula is C20H22N4O. The minimum absolute atomic E-state index is 0.148. The second-order valence-corrected chi connectivity index (χ2v) is 6.61. The number of imidazole rings is 1. The number of hydrogen-bond donors (Lipinski definition) is 0. The van der Waals surface area contributed by atoms with Crippen LogP contribution in [0.3, 0.4) is 0 Å². The molecule has 0 aromatic carbocycles. The summed E-state index contributed by atoms with van der Waals surface area (Å²) >= 11 is 0. The summed E-state index contributed by atoms with van der Waals surface area (Å²) < 4.78 is 1.96. The van der Waals surface area contributed by atoms with Crippen LogP contribution in [0.2, 0.25) is 0 Å². The summed E-state index contributed by atoms with van der Waals surface area (Å²) in [6, 6.07) is 10.1. The molecule has 0 bridgehead atoms. The van der Waals surface area contributed by atoms with Crippen LogP contribution in [0.5, 0.6) is 0 Å². The lowest BCUT2D eigenvalue weighted by Gasteiger charge is -2.30. The summed E-state index contributed by atoms with van der Waals surface area (Å²) in [5.74, 6) is 0.159. The van der Waals surface area contributed by atoms with Gasteiger partial charge in [0.15, 0.2) is 0 Å². The Morgan fingerprint density at radius 1 is 1.12 bits per heavy atom. The molecule has 1 amide bonds. The number of carbonyl (C=O) groups is 1. The van der Waals surface area contributed by atoms with Gasteiger partial charge in [-0.25, -0.2) is 4.98 Å². The largest absolute Gasteiger partial charge is 0.335 e. The minimum Gasteiger partial charge on any atom is -0.335 e. The molecule has 5 heteroatoms. The second-order valence-electron chi connectivity index (χ2n) is 6.61. The van der Waals surface area contributed by atoms with E-state index in [1.165, 1.54) is 12.0 Å². The monoisotopic (exact) mass is 334 g/mol. The topological polar surface area (TPSA) is 50.5 Å². The summed E-state index contributed by atoms with van der Waals surface area (Å²) in [6.07, 6.45) is 12.3. The van der Waals surface area contributed by atoms with Gasteiger partial charge in [0.05, 0.1) is 18.2 Å². The number of nitrogens with zero attached hydrogens (tertiary/aromatic N) is 4. The molecule has 1 aliphatic heterocycles. The fraction of sp³-hybridized carbons (Fsp3) is 0.350. The smallest absolute Gasteiger partial charge is 0.229 e. The lowest BCUT2D eigenvalue weighted by molar-refractivity contribution is -0.133. The first-order chi connectivity index (χ1) is 12.3. The quantitative estimate of drug-likeness (QED) is 0.737. The van der Waals surface area contributed by atoms with E-state index in [2.05, 4.69) is 9.97 Å². The molecule has 4 heterocycles. The van der Waals surface area contributed by atoms with Crippen LogP contribution in [0.15, 0.2) is 55.1 Å². The Morgan fingerprint density at radius 2 is 2.00 bits per heavy atom. The third-order valence-corrected chi connectivity index (χ3v) is 4.91. The number of pyridine rings is 2. The van der Waals surface area contributed by atoms with E-state index in [9.17, 15) is 4.79 Å². The standard InChI is InChI=1S/C20H22N4O/c25-20(14-17-15-23-12-5-3-7-19(23)22-17)24-13-4-1-2-6-18(24)16-8-10-21-11-9-16/h3,5,7-12,15,18H,1-2,4,6,13-14H2. The highest BCUT2D eigenvalue weighted by atomic mass is 16.2. The van der Waals surface area contributed by atoms with Gasteiger partial charge in [0.2, 0.25) is 5.91 Å². The van der Waals surface area contributed by atoms with Crippen molar-refractivity contribution in [3.8, 4) is 0 Å². The molecule has 0 aliphatic carbocycles. The molecule has 1 aliphatic rings. The third-order valence-electron chi connectivity index (χ3n) is 4.91. The highest BCUT2D eigenvalue weighted by molar-refractivity contribution is 5.79. The fourth-order valence-corrected chi connectivity index (χ4v) is 3.67. The van der Waals surface area contributed by atoms with E-state index < -0.39 is 0 Å². The SMILES string of the molecule is O=C(Cc1cn2ccccc2n1)N1CCCCCC1c1ccncc1. The fourth-order valence-electron chi connectivity index (χ4n) is 3.67. The van der Waals surface area contributed by atoms with E-state index in [-0.39, 0.29) is 11.9 Å². The summed E-state index contributed by atoms with van der Waals surface area (Å²) in [4.78, 5) is 23.8. The first-order valence-electron chi connectivity index (χ1n) is 8.93. The zero-order valence-electron chi connectivity index (χ0n) is 14.2.